The van der Waals surface area contributed by atoms with Crippen molar-refractivity contribution in [3.8, 4) is 0 Å². The molecule has 0 radical (unpaired) electrons. The van der Waals surface area contributed by atoms with Crippen LogP contribution >= 0.6 is 38.9 Å². The lowest BCUT2D eigenvalue weighted by molar-refractivity contribution is 0.574. The molecule has 96 valence electrons. The van der Waals surface area contributed by atoms with Gasteiger partial charge in [-0.2, -0.15) is 0 Å². The Bertz CT molecular complexity index is 570. The van der Waals surface area contributed by atoms with E-state index in [1.807, 2.05) is 18.4 Å². The van der Waals surface area contributed by atoms with Gasteiger partial charge in [-0.25, -0.2) is 4.39 Å². The lowest BCUT2D eigenvalue weighted by Gasteiger charge is -2.17. The molecule has 0 bridgehead atoms. The molecular formula is C13H12BrClFNS. The molecule has 0 spiro atoms. The van der Waals surface area contributed by atoms with Crippen LogP contribution in [0.5, 0.6) is 0 Å². The summed E-state index contributed by atoms with van der Waals surface area (Å²) in [5.74, 6) is -0.251. The topological polar surface area (TPSA) is 12.0 Å². The van der Waals surface area contributed by atoms with E-state index in [1.54, 1.807) is 30.5 Å². The first-order valence-electron chi connectivity index (χ1n) is 5.41. The number of thiophene rings is 1. The fraction of sp³-hybridized carbons (Fsp3) is 0.231. The minimum Gasteiger partial charge on any atom is -0.309 e. The van der Waals surface area contributed by atoms with Crippen molar-refractivity contribution in [1.29, 1.82) is 0 Å². The molecule has 0 aliphatic heterocycles. The number of rotatable bonds is 3. The van der Waals surface area contributed by atoms with Gasteiger partial charge in [-0.1, -0.05) is 23.7 Å². The van der Waals surface area contributed by atoms with Crippen molar-refractivity contribution in [2.24, 2.45) is 0 Å². The number of aryl methyl sites for hydroxylation is 1. The highest BCUT2D eigenvalue weighted by Crippen LogP contribution is 2.37. The molecule has 0 fully saturated rings. The molecular weight excluding hydrogens is 337 g/mol. The fourth-order valence-electron chi connectivity index (χ4n) is 1.82. The number of hydrogen-bond acceptors (Lipinski definition) is 2. The predicted molar refractivity (Wildman–Crippen MR) is 79.1 cm³/mol. The molecule has 1 heterocycles. The molecule has 0 amide bonds. The zero-order valence-electron chi connectivity index (χ0n) is 9.93. The number of hydrogen-bond donors (Lipinski definition) is 1. The van der Waals surface area contributed by atoms with E-state index in [4.69, 9.17) is 11.6 Å². The largest absolute Gasteiger partial charge is 0.309 e. The van der Waals surface area contributed by atoms with E-state index in [-0.39, 0.29) is 11.9 Å². The molecule has 1 aromatic carbocycles. The van der Waals surface area contributed by atoms with Crippen LogP contribution < -0.4 is 5.32 Å². The Morgan fingerprint density at radius 3 is 2.72 bits per heavy atom. The highest BCUT2D eigenvalue weighted by Gasteiger charge is 2.22. The molecule has 0 saturated carbocycles. The van der Waals surface area contributed by atoms with Crippen LogP contribution in [0, 0.1) is 12.7 Å². The predicted octanol–water partition coefficient (Wildman–Crippen LogP) is 4.92. The first-order valence-corrected chi connectivity index (χ1v) is 7.46. The summed E-state index contributed by atoms with van der Waals surface area (Å²) in [5.41, 5.74) is 1.61. The molecule has 0 aliphatic rings. The van der Waals surface area contributed by atoms with Gasteiger partial charge in [0.15, 0.2) is 0 Å². The molecule has 1 nitrogen and oxygen atoms in total. The summed E-state index contributed by atoms with van der Waals surface area (Å²) in [6, 6.07) is 5.05. The molecule has 0 saturated heterocycles. The Kier molecular flexibility index (Phi) is 4.43. The second-order valence-corrected chi connectivity index (χ2v) is 6.11. The molecule has 2 aromatic rings. The van der Waals surface area contributed by atoms with Crippen molar-refractivity contribution in [1.82, 2.24) is 5.32 Å². The van der Waals surface area contributed by atoms with Crippen molar-refractivity contribution >= 4 is 38.9 Å². The van der Waals surface area contributed by atoms with Crippen molar-refractivity contribution in [3.63, 3.8) is 0 Å². The minimum absolute atomic E-state index is 0.228. The lowest BCUT2D eigenvalue weighted by Crippen LogP contribution is -2.18. The zero-order chi connectivity index (χ0) is 13.3. The first kappa shape index (κ1) is 14.0. The summed E-state index contributed by atoms with van der Waals surface area (Å²) in [6.07, 6.45) is 0. The number of benzene rings is 1. The quantitative estimate of drug-likeness (QED) is 0.830. The Morgan fingerprint density at radius 1 is 1.44 bits per heavy atom. The SMILES string of the molecule is CNC(c1cccc(Br)c1F)c1scc(C)c1Cl. The molecule has 1 atom stereocenters. The van der Waals surface area contributed by atoms with E-state index in [0.29, 0.717) is 15.1 Å². The van der Waals surface area contributed by atoms with Crippen LogP contribution in [0.1, 0.15) is 22.0 Å². The van der Waals surface area contributed by atoms with E-state index >= 15 is 0 Å². The van der Waals surface area contributed by atoms with Crippen LogP contribution in [0.4, 0.5) is 4.39 Å². The lowest BCUT2D eigenvalue weighted by atomic mass is 10.0. The average molecular weight is 349 g/mol. The van der Waals surface area contributed by atoms with Gasteiger partial charge in [-0.05, 0) is 46.9 Å². The van der Waals surface area contributed by atoms with Crippen LogP contribution in [-0.4, -0.2) is 7.05 Å². The van der Waals surface area contributed by atoms with Gasteiger partial charge < -0.3 is 5.32 Å². The van der Waals surface area contributed by atoms with Crippen molar-refractivity contribution in [3.05, 3.63) is 54.9 Å². The van der Waals surface area contributed by atoms with E-state index in [9.17, 15) is 4.39 Å². The Morgan fingerprint density at radius 2 is 2.17 bits per heavy atom. The van der Waals surface area contributed by atoms with E-state index in [2.05, 4.69) is 21.2 Å². The molecule has 1 aromatic heterocycles. The Balaban J connectivity index is 2.52. The molecule has 1 N–H and O–H groups in total. The maximum atomic E-state index is 14.1. The zero-order valence-corrected chi connectivity index (χ0v) is 13.1. The Labute approximate surface area is 123 Å². The van der Waals surface area contributed by atoms with Gasteiger partial charge in [-0.3, -0.25) is 0 Å². The minimum atomic E-state index is -0.251. The van der Waals surface area contributed by atoms with Crippen LogP contribution in [-0.2, 0) is 0 Å². The molecule has 5 heteroatoms. The number of halogens is 3. The summed E-state index contributed by atoms with van der Waals surface area (Å²) < 4.78 is 14.6. The fourth-order valence-corrected chi connectivity index (χ4v) is 3.63. The van der Waals surface area contributed by atoms with Crippen molar-refractivity contribution < 1.29 is 4.39 Å². The van der Waals surface area contributed by atoms with Crippen LogP contribution in [0.25, 0.3) is 0 Å². The summed E-state index contributed by atoms with van der Waals surface area (Å²) in [6.45, 7) is 1.95. The standard InChI is InChI=1S/C13H12BrClFNS/c1-7-6-18-13(10(7)15)12(17-2)8-4-3-5-9(14)11(8)16/h3-6,12,17H,1-2H3. The van der Waals surface area contributed by atoms with Crippen molar-refractivity contribution in [2.75, 3.05) is 7.05 Å². The van der Waals surface area contributed by atoms with Crippen molar-refractivity contribution in [2.45, 2.75) is 13.0 Å². The maximum absolute atomic E-state index is 14.1. The maximum Gasteiger partial charge on any atom is 0.142 e. The van der Waals surface area contributed by atoms with Gasteiger partial charge in [0.1, 0.15) is 5.82 Å². The smallest absolute Gasteiger partial charge is 0.142 e. The van der Waals surface area contributed by atoms with Gasteiger partial charge in [0.25, 0.3) is 0 Å². The van der Waals surface area contributed by atoms with Gasteiger partial charge in [0, 0.05) is 10.4 Å². The van der Waals surface area contributed by atoms with E-state index < -0.39 is 0 Å². The molecule has 0 aliphatic carbocycles. The molecule has 2 rings (SSSR count). The number of nitrogens with one attached hydrogen (secondary N) is 1. The second-order valence-electron chi connectivity index (χ2n) is 3.96. The highest BCUT2D eigenvalue weighted by molar-refractivity contribution is 9.10. The monoisotopic (exact) mass is 347 g/mol. The first-order chi connectivity index (χ1) is 8.56. The van der Waals surface area contributed by atoms with E-state index in [0.717, 1.165) is 10.4 Å². The highest BCUT2D eigenvalue weighted by atomic mass is 79.9. The third-order valence-corrected chi connectivity index (χ3v) is 5.16. The molecule has 1 unspecified atom stereocenters. The summed E-state index contributed by atoms with van der Waals surface area (Å²) in [7, 11) is 1.80. The van der Waals surface area contributed by atoms with E-state index in [1.165, 1.54) is 0 Å². The van der Waals surface area contributed by atoms with Gasteiger partial charge >= 0.3 is 0 Å². The normalized spacial score (nSPS) is 12.7. The Hall–Kier alpha value is -0.420. The van der Waals surface area contributed by atoms with Crippen LogP contribution in [0.15, 0.2) is 28.1 Å². The second kappa shape index (κ2) is 5.70. The van der Waals surface area contributed by atoms with Crippen LogP contribution in [0.3, 0.4) is 0 Å². The van der Waals surface area contributed by atoms with Crippen LogP contribution in [0.2, 0.25) is 5.02 Å². The molecule has 18 heavy (non-hydrogen) atoms. The average Bonchev–Trinajstić information content (AvgIpc) is 2.68. The third-order valence-electron chi connectivity index (χ3n) is 2.77. The summed E-state index contributed by atoms with van der Waals surface area (Å²) >= 11 is 11.0. The third kappa shape index (κ3) is 2.48. The summed E-state index contributed by atoms with van der Waals surface area (Å²) in [5, 5.41) is 5.81. The van der Waals surface area contributed by atoms with Gasteiger partial charge in [-0.15, -0.1) is 11.3 Å². The summed E-state index contributed by atoms with van der Waals surface area (Å²) in [4.78, 5) is 0.939. The van der Waals surface area contributed by atoms with Gasteiger partial charge in [0.2, 0.25) is 0 Å². The van der Waals surface area contributed by atoms with Gasteiger partial charge in [0.05, 0.1) is 15.5 Å².